The molecule has 0 saturated carbocycles. The van der Waals surface area contributed by atoms with Crippen molar-refractivity contribution in [3.63, 3.8) is 0 Å². The summed E-state index contributed by atoms with van der Waals surface area (Å²) in [5.41, 5.74) is 2.41. The van der Waals surface area contributed by atoms with Crippen LogP contribution in [0.2, 0.25) is 0 Å². The number of anilines is 2. The lowest BCUT2D eigenvalue weighted by atomic mass is 10.1. The maximum absolute atomic E-state index is 4.34. The van der Waals surface area contributed by atoms with E-state index in [-0.39, 0.29) is 0 Å². The summed E-state index contributed by atoms with van der Waals surface area (Å²) in [6, 6.07) is 10.3. The summed E-state index contributed by atoms with van der Waals surface area (Å²) in [7, 11) is 0. The van der Waals surface area contributed by atoms with Crippen LogP contribution in [-0.2, 0) is 6.42 Å². The first-order chi connectivity index (χ1) is 8.67. The van der Waals surface area contributed by atoms with Crippen LogP contribution in [0.5, 0.6) is 0 Å². The van der Waals surface area contributed by atoms with Gasteiger partial charge in [0.05, 0.1) is 0 Å². The molecular weight excluding hydrogens is 290 g/mol. The van der Waals surface area contributed by atoms with Gasteiger partial charge in [-0.1, -0.05) is 25.5 Å². The van der Waals surface area contributed by atoms with Crippen LogP contribution in [0.25, 0.3) is 0 Å². The molecule has 1 heterocycles. The van der Waals surface area contributed by atoms with Gasteiger partial charge in [0, 0.05) is 11.8 Å². The van der Waals surface area contributed by atoms with Gasteiger partial charge >= 0.3 is 0 Å². The van der Waals surface area contributed by atoms with Crippen molar-refractivity contribution in [3.8, 4) is 0 Å². The van der Waals surface area contributed by atoms with Gasteiger partial charge in [0.2, 0.25) is 0 Å². The molecule has 3 nitrogen and oxygen atoms in total. The molecule has 0 aliphatic heterocycles. The van der Waals surface area contributed by atoms with Gasteiger partial charge in [0.15, 0.2) is 0 Å². The average molecular weight is 306 g/mol. The van der Waals surface area contributed by atoms with E-state index in [9.17, 15) is 0 Å². The van der Waals surface area contributed by atoms with Crippen molar-refractivity contribution >= 4 is 27.4 Å². The summed E-state index contributed by atoms with van der Waals surface area (Å²) in [4.78, 5) is 8.52. The third kappa shape index (κ3) is 3.53. The zero-order chi connectivity index (χ0) is 13.0. The van der Waals surface area contributed by atoms with E-state index in [1.54, 1.807) is 0 Å². The van der Waals surface area contributed by atoms with E-state index in [0.717, 1.165) is 28.4 Å². The molecule has 4 heteroatoms. The molecule has 0 unspecified atom stereocenters. The monoisotopic (exact) mass is 305 g/mol. The van der Waals surface area contributed by atoms with E-state index in [2.05, 4.69) is 62.4 Å². The lowest BCUT2D eigenvalue weighted by Gasteiger charge is -2.07. The lowest BCUT2D eigenvalue weighted by molar-refractivity contribution is 0.922. The molecule has 1 N–H and O–H groups in total. The predicted molar refractivity (Wildman–Crippen MR) is 78.2 cm³/mol. The number of aryl methyl sites for hydroxylation is 2. The Morgan fingerprint density at radius 3 is 2.50 bits per heavy atom. The quantitative estimate of drug-likeness (QED) is 0.858. The van der Waals surface area contributed by atoms with E-state index in [0.29, 0.717) is 0 Å². The van der Waals surface area contributed by atoms with Gasteiger partial charge in [0.1, 0.15) is 16.2 Å². The van der Waals surface area contributed by atoms with Gasteiger partial charge < -0.3 is 5.32 Å². The first-order valence-electron chi connectivity index (χ1n) is 6.04. The van der Waals surface area contributed by atoms with Gasteiger partial charge in [-0.3, -0.25) is 0 Å². The number of aromatic nitrogens is 2. The van der Waals surface area contributed by atoms with E-state index < -0.39 is 0 Å². The third-order valence-corrected chi connectivity index (χ3v) is 2.98. The van der Waals surface area contributed by atoms with Crippen LogP contribution in [0.4, 0.5) is 11.5 Å². The molecule has 18 heavy (non-hydrogen) atoms. The normalized spacial score (nSPS) is 10.4. The van der Waals surface area contributed by atoms with Gasteiger partial charge in [0.25, 0.3) is 0 Å². The lowest BCUT2D eigenvalue weighted by Crippen LogP contribution is -1.97. The SMILES string of the molecule is CCCc1ccc(Nc2cc(Br)nc(C)n2)cc1. The van der Waals surface area contributed by atoms with Gasteiger partial charge in [-0.2, -0.15) is 0 Å². The van der Waals surface area contributed by atoms with Crippen LogP contribution >= 0.6 is 15.9 Å². The molecule has 0 atom stereocenters. The molecule has 1 aromatic heterocycles. The van der Waals surface area contributed by atoms with Crippen LogP contribution in [-0.4, -0.2) is 9.97 Å². The number of rotatable bonds is 4. The number of nitrogens with one attached hydrogen (secondary N) is 1. The van der Waals surface area contributed by atoms with E-state index >= 15 is 0 Å². The maximum Gasteiger partial charge on any atom is 0.135 e. The number of benzene rings is 1. The zero-order valence-electron chi connectivity index (χ0n) is 10.6. The third-order valence-electron chi connectivity index (χ3n) is 2.57. The minimum atomic E-state index is 0.745. The second-order valence-electron chi connectivity index (χ2n) is 4.20. The molecule has 0 aliphatic carbocycles. The fourth-order valence-electron chi connectivity index (χ4n) is 1.79. The molecule has 0 amide bonds. The van der Waals surface area contributed by atoms with Crippen LogP contribution in [0.15, 0.2) is 34.9 Å². The highest BCUT2D eigenvalue weighted by atomic mass is 79.9. The van der Waals surface area contributed by atoms with E-state index in [1.165, 1.54) is 12.0 Å². The maximum atomic E-state index is 4.34. The van der Waals surface area contributed by atoms with Gasteiger partial charge in [-0.05, 0) is 47.0 Å². The smallest absolute Gasteiger partial charge is 0.135 e. The Bertz CT molecular complexity index is 503. The molecule has 2 rings (SSSR count). The van der Waals surface area contributed by atoms with Crippen molar-refractivity contribution in [3.05, 3.63) is 46.3 Å². The van der Waals surface area contributed by atoms with Gasteiger partial charge in [-0.15, -0.1) is 0 Å². The highest BCUT2D eigenvalue weighted by Gasteiger charge is 2.00. The standard InChI is InChI=1S/C14H16BrN3/c1-3-4-11-5-7-12(8-6-11)18-14-9-13(15)16-10(2)17-14/h5-9H,3-4H2,1-2H3,(H,16,17,18). The number of hydrogen-bond donors (Lipinski definition) is 1. The summed E-state index contributed by atoms with van der Waals surface area (Å²) in [5, 5.41) is 3.27. The van der Waals surface area contributed by atoms with Gasteiger partial charge in [-0.25, -0.2) is 9.97 Å². The Kier molecular flexibility index (Phi) is 4.31. The molecule has 0 radical (unpaired) electrons. The Labute approximate surface area is 116 Å². The largest absolute Gasteiger partial charge is 0.340 e. The summed E-state index contributed by atoms with van der Waals surface area (Å²) in [5.74, 6) is 1.55. The highest BCUT2D eigenvalue weighted by molar-refractivity contribution is 9.10. The molecule has 94 valence electrons. The molecule has 2 aromatic rings. The predicted octanol–water partition coefficient (Wildman–Crippen LogP) is 4.24. The van der Waals surface area contributed by atoms with Crippen molar-refractivity contribution < 1.29 is 0 Å². The molecular formula is C14H16BrN3. The average Bonchev–Trinajstić information content (AvgIpc) is 2.31. The van der Waals surface area contributed by atoms with E-state index in [1.807, 2.05) is 13.0 Å². The number of nitrogens with zero attached hydrogens (tertiary/aromatic N) is 2. The molecule has 0 saturated heterocycles. The molecule has 0 spiro atoms. The van der Waals surface area contributed by atoms with Crippen molar-refractivity contribution in [2.45, 2.75) is 26.7 Å². The van der Waals surface area contributed by atoms with Crippen LogP contribution in [0.3, 0.4) is 0 Å². The number of halogens is 1. The minimum absolute atomic E-state index is 0.745. The first kappa shape index (κ1) is 13.0. The Hall–Kier alpha value is -1.42. The van der Waals surface area contributed by atoms with Crippen molar-refractivity contribution in [2.24, 2.45) is 0 Å². The summed E-state index contributed by atoms with van der Waals surface area (Å²) in [6.07, 6.45) is 2.29. The molecule has 0 aliphatic rings. The Morgan fingerprint density at radius 1 is 1.17 bits per heavy atom. The van der Waals surface area contributed by atoms with Crippen molar-refractivity contribution in [2.75, 3.05) is 5.32 Å². The van der Waals surface area contributed by atoms with E-state index in [4.69, 9.17) is 0 Å². The molecule has 1 aromatic carbocycles. The first-order valence-corrected chi connectivity index (χ1v) is 6.84. The second-order valence-corrected chi connectivity index (χ2v) is 5.01. The fourth-order valence-corrected chi connectivity index (χ4v) is 2.26. The molecule has 0 bridgehead atoms. The van der Waals surface area contributed by atoms with Crippen LogP contribution in [0.1, 0.15) is 24.7 Å². The topological polar surface area (TPSA) is 37.8 Å². The summed E-state index contributed by atoms with van der Waals surface area (Å²) >= 11 is 3.37. The number of hydrogen-bond acceptors (Lipinski definition) is 3. The highest BCUT2D eigenvalue weighted by Crippen LogP contribution is 2.18. The minimum Gasteiger partial charge on any atom is -0.340 e. The zero-order valence-corrected chi connectivity index (χ0v) is 12.2. The Morgan fingerprint density at radius 2 is 1.89 bits per heavy atom. The van der Waals surface area contributed by atoms with Crippen molar-refractivity contribution in [1.82, 2.24) is 9.97 Å². The fraction of sp³-hybridized carbons (Fsp3) is 0.286. The second kappa shape index (κ2) is 5.96. The van der Waals surface area contributed by atoms with Crippen molar-refractivity contribution in [1.29, 1.82) is 0 Å². The van der Waals surface area contributed by atoms with Crippen LogP contribution < -0.4 is 5.32 Å². The summed E-state index contributed by atoms with van der Waals surface area (Å²) in [6.45, 7) is 4.06. The van der Waals surface area contributed by atoms with Crippen LogP contribution in [0, 0.1) is 6.92 Å². The summed E-state index contributed by atoms with van der Waals surface area (Å²) < 4.78 is 0.792. The Balaban J connectivity index is 2.13. The molecule has 0 fully saturated rings.